The van der Waals surface area contributed by atoms with Crippen molar-refractivity contribution in [3.8, 4) is 0 Å². The van der Waals surface area contributed by atoms with Gasteiger partial charge in [-0.2, -0.15) is 0 Å². The number of nitrogens with one attached hydrogen (secondary N) is 1. The summed E-state index contributed by atoms with van der Waals surface area (Å²) in [7, 11) is 0. The van der Waals surface area contributed by atoms with Crippen LogP contribution in [0.15, 0.2) is 11.8 Å². The number of carbonyl (C=O) groups excluding carboxylic acids is 1. The molecule has 1 aliphatic carbocycles. The zero-order valence-corrected chi connectivity index (χ0v) is 6.79. The van der Waals surface area contributed by atoms with Gasteiger partial charge in [0, 0.05) is 32.3 Å². The minimum absolute atomic E-state index is 0.163. The van der Waals surface area contributed by atoms with Gasteiger partial charge in [-0.25, -0.2) is 0 Å². The molecule has 66 valence electrons. The second-order valence-electron chi connectivity index (χ2n) is 3.11. The minimum Gasteiger partial charge on any atom is -0.379 e. The Morgan fingerprint density at radius 1 is 1.50 bits per heavy atom. The number of hydrogen-bond acceptors (Lipinski definition) is 4. The second-order valence-corrected chi connectivity index (χ2v) is 3.11. The number of aliphatic hydroxyl groups is 1. The summed E-state index contributed by atoms with van der Waals surface area (Å²) in [4.78, 5) is 12.8. The predicted octanol–water partition coefficient (Wildman–Crippen LogP) is -1.28. The molecule has 0 aromatic heterocycles. The molecule has 1 fully saturated rings. The van der Waals surface area contributed by atoms with Crippen LogP contribution in [-0.4, -0.2) is 48.1 Å². The normalized spacial score (nSPS) is 29.8. The lowest BCUT2D eigenvalue weighted by Crippen LogP contribution is -2.49. The molecule has 2 rings (SSSR count). The van der Waals surface area contributed by atoms with Crippen molar-refractivity contribution in [2.45, 2.75) is 6.10 Å². The molecule has 0 aromatic rings. The van der Waals surface area contributed by atoms with Crippen LogP contribution in [-0.2, 0) is 4.79 Å². The fraction of sp³-hybridized carbons (Fsp3) is 0.625. The van der Waals surface area contributed by atoms with Gasteiger partial charge in [-0.3, -0.25) is 4.79 Å². The molecule has 0 saturated carbocycles. The van der Waals surface area contributed by atoms with Crippen molar-refractivity contribution in [3.63, 3.8) is 0 Å². The van der Waals surface area contributed by atoms with E-state index in [0.29, 0.717) is 0 Å². The van der Waals surface area contributed by atoms with Crippen molar-refractivity contribution in [2.75, 3.05) is 26.2 Å². The number of ketones is 1. The topological polar surface area (TPSA) is 52.6 Å². The molecule has 2 aliphatic rings. The van der Waals surface area contributed by atoms with E-state index in [9.17, 15) is 9.90 Å². The summed E-state index contributed by atoms with van der Waals surface area (Å²) >= 11 is 0. The molecule has 12 heavy (non-hydrogen) atoms. The summed E-state index contributed by atoms with van der Waals surface area (Å²) in [5.41, 5.74) is 0.793. The van der Waals surface area contributed by atoms with E-state index in [-0.39, 0.29) is 5.78 Å². The van der Waals surface area contributed by atoms with Crippen molar-refractivity contribution in [1.82, 2.24) is 10.2 Å². The average molecular weight is 168 g/mol. The highest BCUT2D eigenvalue weighted by atomic mass is 16.3. The summed E-state index contributed by atoms with van der Waals surface area (Å²) in [5.74, 6) is -0.163. The number of aliphatic hydroxyl groups excluding tert-OH is 1. The zero-order chi connectivity index (χ0) is 8.55. The fourth-order valence-electron chi connectivity index (χ4n) is 1.54. The van der Waals surface area contributed by atoms with Crippen LogP contribution in [0.1, 0.15) is 0 Å². The quantitative estimate of drug-likeness (QED) is 0.512. The van der Waals surface area contributed by atoms with Crippen molar-refractivity contribution in [2.24, 2.45) is 0 Å². The standard InChI is InChI=1S/C8H12N2O2/c11-7-5-6(8(7)12)10-3-1-9-2-4-10/h5,8-9,12H,1-4H2. The first-order valence-electron chi connectivity index (χ1n) is 4.18. The molecule has 2 N–H and O–H groups in total. The third-order valence-electron chi connectivity index (χ3n) is 2.32. The predicted molar refractivity (Wildman–Crippen MR) is 43.5 cm³/mol. The van der Waals surface area contributed by atoms with Crippen molar-refractivity contribution < 1.29 is 9.90 Å². The highest BCUT2D eigenvalue weighted by molar-refractivity contribution is 6.03. The van der Waals surface area contributed by atoms with Gasteiger partial charge >= 0.3 is 0 Å². The van der Waals surface area contributed by atoms with E-state index < -0.39 is 6.10 Å². The molecular formula is C8H12N2O2. The largest absolute Gasteiger partial charge is 0.379 e. The van der Waals surface area contributed by atoms with E-state index in [0.717, 1.165) is 31.9 Å². The Morgan fingerprint density at radius 2 is 2.17 bits per heavy atom. The van der Waals surface area contributed by atoms with Gasteiger partial charge < -0.3 is 15.3 Å². The molecule has 0 amide bonds. The Kier molecular flexibility index (Phi) is 1.86. The van der Waals surface area contributed by atoms with Crippen molar-refractivity contribution >= 4 is 5.78 Å². The molecule has 4 nitrogen and oxygen atoms in total. The lowest BCUT2D eigenvalue weighted by molar-refractivity contribution is -0.124. The van der Waals surface area contributed by atoms with E-state index in [1.54, 1.807) is 0 Å². The third kappa shape index (κ3) is 1.13. The van der Waals surface area contributed by atoms with Gasteiger partial charge in [0.1, 0.15) is 0 Å². The lowest BCUT2D eigenvalue weighted by Gasteiger charge is -2.36. The summed E-state index contributed by atoms with van der Waals surface area (Å²) in [6.07, 6.45) is 0.679. The van der Waals surface area contributed by atoms with E-state index in [2.05, 4.69) is 10.2 Å². The summed E-state index contributed by atoms with van der Waals surface area (Å²) in [6.45, 7) is 3.63. The molecule has 1 heterocycles. The fourth-order valence-corrected chi connectivity index (χ4v) is 1.54. The smallest absolute Gasteiger partial charge is 0.191 e. The van der Waals surface area contributed by atoms with Gasteiger partial charge in [0.15, 0.2) is 11.9 Å². The Balaban J connectivity index is 2.01. The van der Waals surface area contributed by atoms with Crippen LogP contribution in [0.3, 0.4) is 0 Å². The first-order chi connectivity index (χ1) is 5.79. The highest BCUT2D eigenvalue weighted by Gasteiger charge is 2.32. The molecule has 0 spiro atoms. The summed E-state index contributed by atoms with van der Waals surface area (Å²) < 4.78 is 0. The Morgan fingerprint density at radius 3 is 2.67 bits per heavy atom. The number of nitrogens with zero attached hydrogens (tertiary/aromatic N) is 1. The first-order valence-corrected chi connectivity index (χ1v) is 4.18. The van der Waals surface area contributed by atoms with Crippen LogP contribution in [0.5, 0.6) is 0 Å². The van der Waals surface area contributed by atoms with Gasteiger partial charge in [-0.05, 0) is 0 Å². The van der Waals surface area contributed by atoms with E-state index in [4.69, 9.17) is 0 Å². The first kappa shape index (κ1) is 7.76. The Labute approximate surface area is 70.9 Å². The van der Waals surface area contributed by atoms with Gasteiger partial charge in [-0.15, -0.1) is 0 Å². The lowest BCUT2D eigenvalue weighted by atomic mass is 9.98. The van der Waals surface area contributed by atoms with Crippen LogP contribution in [0.2, 0.25) is 0 Å². The minimum atomic E-state index is -0.844. The zero-order valence-electron chi connectivity index (χ0n) is 6.79. The molecule has 1 aliphatic heterocycles. The van der Waals surface area contributed by atoms with Crippen molar-refractivity contribution in [1.29, 1.82) is 0 Å². The monoisotopic (exact) mass is 168 g/mol. The van der Waals surface area contributed by atoms with Gasteiger partial charge in [0.05, 0.1) is 5.70 Å². The Hall–Kier alpha value is -0.870. The maximum atomic E-state index is 10.7. The number of rotatable bonds is 1. The van der Waals surface area contributed by atoms with Crippen LogP contribution in [0, 0.1) is 0 Å². The van der Waals surface area contributed by atoms with Crippen LogP contribution < -0.4 is 5.32 Å². The second kappa shape index (κ2) is 2.88. The number of carbonyl (C=O) groups is 1. The molecule has 1 atom stereocenters. The molecule has 1 saturated heterocycles. The molecule has 0 aromatic carbocycles. The van der Waals surface area contributed by atoms with Gasteiger partial charge in [-0.1, -0.05) is 0 Å². The maximum Gasteiger partial charge on any atom is 0.191 e. The van der Waals surface area contributed by atoms with Crippen LogP contribution in [0.4, 0.5) is 0 Å². The van der Waals surface area contributed by atoms with Gasteiger partial charge in [0.25, 0.3) is 0 Å². The number of piperazine rings is 1. The third-order valence-corrected chi connectivity index (χ3v) is 2.32. The molecule has 0 radical (unpaired) electrons. The summed E-state index contributed by atoms with van der Waals surface area (Å²) in [6, 6.07) is 0. The van der Waals surface area contributed by atoms with Crippen molar-refractivity contribution in [3.05, 3.63) is 11.8 Å². The SMILES string of the molecule is O=C1C=C(N2CCNCC2)C1O. The number of hydrogen-bond donors (Lipinski definition) is 2. The Bertz CT molecular complexity index is 231. The van der Waals surface area contributed by atoms with Crippen LogP contribution >= 0.6 is 0 Å². The molecular weight excluding hydrogens is 156 g/mol. The van der Waals surface area contributed by atoms with E-state index >= 15 is 0 Å². The molecule has 4 heteroatoms. The van der Waals surface area contributed by atoms with E-state index in [1.165, 1.54) is 6.08 Å². The maximum absolute atomic E-state index is 10.7. The molecule has 0 bridgehead atoms. The summed E-state index contributed by atoms with van der Waals surface area (Å²) in [5, 5.41) is 12.5. The van der Waals surface area contributed by atoms with Crippen LogP contribution in [0.25, 0.3) is 0 Å². The van der Waals surface area contributed by atoms with E-state index in [1.807, 2.05) is 0 Å². The molecule has 1 unspecified atom stereocenters. The average Bonchev–Trinajstić information content (AvgIpc) is 2.15. The highest BCUT2D eigenvalue weighted by Crippen LogP contribution is 2.20. The van der Waals surface area contributed by atoms with Gasteiger partial charge in [0.2, 0.25) is 0 Å².